The first-order chi connectivity index (χ1) is 11.1. The average Bonchev–Trinajstić information content (AvgIpc) is 2.55. The van der Waals surface area contributed by atoms with Gasteiger partial charge in [0.1, 0.15) is 0 Å². The van der Waals surface area contributed by atoms with Gasteiger partial charge in [-0.05, 0) is 40.4 Å². The summed E-state index contributed by atoms with van der Waals surface area (Å²) in [4.78, 5) is 2.38. The maximum Gasteiger partial charge on any atom is 0.0240 e. The predicted octanol–water partition coefficient (Wildman–Crippen LogP) is 5.60. The molecule has 0 fully saturated rings. The van der Waals surface area contributed by atoms with Gasteiger partial charge in [-0.2, -0.15) is 0 Å². The molecule has 0 saturated heterocycles. The minimum Gasteiger partial charge on any atom is -0.298 e. The SMILES string of the molecule is CC(C)c1ccc(CN(C)Cc2cccc3ccccc23)cc1. The van der Waals surface area contributed by atoms with Crippen molar-refractivity contribution < 1.29 is 0 Å². The first-order valence-corrected chi connectivity index (χ1v) is 8.37. The molecule has 0 aliphatic carbocycles. The Morgan fingerprint density at radius 1 is 0.783 bits per heavy atom. The van der Waals surface area contributed by atoms with Crippen LogP contribution in [-0.4, -0.2) is 11.9 Å². The van der Waals surface area contributed by atoms with E-state index in [0.29, 0.717) is 5.92 Å². The lowest BCUT2D eigenvalue weighted by atomic mass is 10.0. The number of hydrogen-bond donors (Lipinski definition) is 0. The van der Waals surface area contributed by atoms with Crippen molar-refractivity contribution in [1.82, 2.24) is 4.90 Å². The fourth-order valence-electron chi connectivity index (χ4n) is 3.10. The first kappa shape index (κ1) is 15.8. The number of hydrogen-bond acceptors (Lipinski definition) is 1. The second-order valence-electron chi connectivity index (χ2n) is 6.71. The molecule has 1 nitrogen and oxygen atoms in total. The Kier molecular flexibility index (Phi) is 4.78. The van der Waals surface area contributed by atoms with Gasteiger partial charge in [-0.3, -0.25) is 4.90 Å². The summed E-state index contributed by atoms with van der Waals surface area (Å²) < 4.78 is 0. The first-order valence-electron chi connectivity index (χ1n) is 8.37. The van der Waals surface area contributed by atoms with Crippen LogP contribution in [0.2, 0.25) is 0 Å². The average molecular weight is 303 g/mol. The van der Waals surface area contributed by atoms with Gasteiger partial charge in [-0.1, -0.05) is 80.6 Å². The third-order valence-electron chi connectivity index (χ3n) is 4.42. The maximum atomic E-state index is 2.38. The molecule has 0 aromatic heterocycles. The van der Waals surface area contributed by atoms with E-state index in [1.807, 2.05) is 0 Å². The minimum atomic E-state index is 0.595. The van der Waals surface area contributed by atoms with Crippen LogP contribution in [-0.2, 0) is 13.1 Å². The molecule has 0 bridgehead atoms. The Morgan fingerprint density at radius 3 is 2.22 bits per heavy atom. The molecule has 0 aliphatic rings. The minimum absolute atomic E-state index is 0.595. The molecule has 118 valence electrons. The van der Waals surface area contributed by atoms with Crippen LogP contribution in [0.25, 0.3) is 10.8 Å². The van der Waals surface area contributed by atoms with Crippen LogP contribution in [0.3, 0.4) is 0 Å². The van der Waals surface area contributed by atoms with Crippen molar-refractivity contribution >= 4 is 10.8 Å². The van der Waals surface area contributed by atoms with Gasteiger partial charge in [0.2, 0.25) is 0 Å². The van der Waals surface area contributed by atoms with Gasteiger partial charge in [-0.25, -0.2) is 0 Å². The van der Waals surface area contributed by atoms with Crippen molar-refractivity contribution in [3.05, 3.63) is 83.4 Å². The van der Waals surface area contributed by atoms with Crippen molar-refractivity contribution in [2.75, 3.05) is 7.05 Å². The molecule has 0 atom stereocenters. The lowest BCUT2D eigenvalue weighted by Crippen LogP contribution is -2.17. The molecule has 3 aromatic carbocycles. The van der Waals surface area contributed by atoms with Gasteiger partial charge >= 0.3 is 0 Å². The van der Waals surface area contributed by atoms with Crippen LogP contribution in [0.1, 0.15) is 36.5 Å². The van der Waals surface area contributed by atoms with E-state index in [2.05, 4.69) is 92.5 Å². The van der Waals surface area contributed by atoms with Crippen LogP contribution in [0.4, 0.5) is 0 Å². The van der Waals surface area contributed by atoms with Gasteiger partial charge in [0.15, 0.2) is 0 Å². The lowest BCUT2D eigenvalue weighted by Gasteiger charge is -2.18. The lowest BCUT2D eigenvalue weighted by molar-refractivity contribution is 0.320. The summed E-state index contributed by atoms with van der Waals surface area (Å²) in [7, 11) is 2.19. The molecular weight excluding hydrogens is 278 g/mol. The van der Waals surface area contributed by atoms with Gasteiger partial charge < -0.3 is 0 Å². The molecule has 1 heteroatoms. The Hall–Kier alpha value is -2.12. The number of nitrogens with zero attached hydrogens (tertiary/aromatic N) is 1. The van der Waals surface area contributed by atoms with E-state index in [0.717, 1.165) is 13.1 Å². The molecule has 0 unspecified atom stereocenters. The summed E-state index contributed by atoms with van der Waals surface area (Å²) in [6, 6.07) is 24.2. The predicted molar refractivity (Wildman–Crippen MR) is 99.7 cm³/mol. The Bertz CT molecular complexity index is 766. The summed E-state index contributed by atoms with van der Waals surface area (Å²) in [5.41, 5.74) is 4.17. The summed E-state index contributed by atoms with van der Waals surface area (Å²) in [6.07, 6.45) is 0. The third-order valence-corrected chi connectivity index (χ3v) is 4.42. The summed E-state index contributed by atoms with van der Waals surface area (Å²) in [5.74, 6) is 0.595. The van der Waals surface area contributed by atoms with E-state index < -0.39 is 0 Å². The van der Waals surface area contributed by atoms with Gasteiger partial charge in [0.25, 0.3) is 0 Å². The highest BCUT2D eigenvalue weighted by Gasteiger charge is 2.06. The van der Waals surface area contributed by atoms with E-state index in [1.54, 1.807) is 0 Å². The summed E-state index contributed by atoms with van der Waals surface area (Å²) in [6.45, 7) is 6.41. The third kappa shape index (κ3) is 3.80. The zero-order valence-corrected chi connectivity index (χ0v) is 14.3. The molecule has 0 spiro atoms. The molecule has 0 radical (unpaired) electrons. The quantitative estimate of drug-likeness (QED) is 0.593. The van der Waals surface area contributed by atoms with Crippen molar-refractivity contribution in [2.24, 2.45) is 0 Å². The second kappa shape index (κ2) is 6.97. The van der Waals surface area contributed by atoms with Crippen LogP contribution in [0.5, 0.6) is 0 Å². The van der Waals surface area contributed by atoms with Crippen LogP contribution in [0, 0.1) is 0 Å². The molecule has 0 aliphatic heterocycles. The highest BCUT2D eigenvalue weighted by molar-refractivity contribution is 5.85. The fourth-order valence-corrected chi connectivity index (χ4v) is 3.10. The molecule has 0 saturated carbocycles. The normalized spacial score (nSPS) is 11.5. The molecule has 0 N–H and O–H groups in total. The highest BCUT2D eigenvalue weighted by Crippen LogP contribution is 2.21. The Labute approximate surface area is 139 Å². The fraction of sp³-hybridized carbons (Fsp3) is 0.273. The van der Waals surface area contributed by atoms with E-state index in [-0.39, 0.29) is 0 Å². The monoisotopic (exact) mass is 303 g/mol. The van der Waals surface area contributed by atoms with E-state index in [1.165, 1.54) is 27.5 Å². The molecule has 23 heavy (non-hydrogen) atoms. The Morgan fingerprint density at radius 2 is 1.48 bits per heavy atom. The molecule has 0 amide bonds. The van der Waals surface area contributed by atoms with Gasteiger partial charge in [0, 0.05) is 13.1 Å². The van der Waals surface area contributed by atoms with Crippen LogP contribution in [0.15, 0.2) is 66.7 Å². The van der Waals surface area contributed by atoms with Crippen LogP contribution >= 0.6 is 0 Å². The van der Waals surface area contributed by atoms with Crippen molar-refractivity contribution in [3.63, 3.8) is 0 Å². The molecular formula is C22H25N. The van der Waals surface area contributed by atoms with Crippen molar-refractivity contribution in [3.8, 4) is 0 Å². The number of rotatable bonds is 5. The molecule has 3 aromatic rings. The standard InChI is InChI=1S/C22H25N/c1-17(2)19-13-11-18(12-14-19)15-23(3)16-21-9-6-8-20-7-4-5-10-22(20)21/h4-14,17H,15-16H2,1-3H3. The van der Waals surface area contributed by atoms with E-state index in [9.17, 15) is 0 Å². The largest absolute Gasteiger partial charge is 0.298 e. The van der Waals surface area contributed by atoms with Gasteiger partial charge in [0.05, 0.1) is 0 Å². The smallest absolute Gasteiger partial charge is 0.0240 e. The summed E-state index contributed by atoms with van der Waals surface area (Å²) in [5, 5.41) is 2.68. The Balaban J connectivity index is 1.72. The second-order valence-corrected chi connectivity index (χ2v) is 6.71. The zero-order chi connectivity index (χ0) is 16.2. The maximum absolute atomic E-state index is 2.38. The van der Waals surface area contributed by atoms with Crippen molar-refractivity contribution in [1.29, 1.82) is 0 Å². The topological polar surface area (TPSA) is 3.24 Å². The number of fused-ring (bicyclic) bond motifs is 1. The van der Waals surface area contributed by atoms with Crippen LogP contribution < -0.4 is 0 Å². The zero-order valence-electron chi connectivity index (χ0n) is 14.3. The summed E-state index contributed by atoms with van der Waals surface area (Å²) >= 11 is 0. The van der Waals surface area contributed by atoms with E-state index >= 15 is 0 Å². The molecule has 0 heterocycles. The van der Waals surface area contributed by atoms with Gasteiger partial charge in [-0.15, -0.1) is 0 Å². The molecule has 3 rings (SSSR count). The van der Waals surface area contributed by atoms with E-state index in [4.69, 9.17) is 0 Å². The number of benzene rings is 3. The highest BCUT2D eigenvalue weighted by atomic mass is 15.1. The van der Waals surface area contributed by atoms with Crippen molar-refractivity contribution in [2.45, 2.75) is 32.9 Å².